The van der Waals surface area contributed by atoms with Crippen molar-refractivity contribution in [3.05, 3.63) is 90.6 Å². The Morgan fingerprint density at radius 2 is 1.72 bits per heavy atom. The number of fused-ring (bicyclic) bond motifs is 1. The maximum atomic E-state index is 14.9. The number of nitrogens with zero attached hydrogens (tertiary/aromatic N) is 4. The first kappa shape index (κ1) is 24.7. The second-order valence-corrected chi connectivity index (χ2v) is 10.1. The number of carbonyl (C=O) groups is 1. The predicted molar refractivity (Wildman–Crippen MR) is 147 cm³/mol. The van der Waals surface area contributed by atoms with Crippen molar-refractivity contribution in [2.24, 2.45) is 7.05 Å². The molecule has 200 valence electrons. The maximum Gasteiger partial charge on any atom is 0.336 e. The van der Waals surface area contributed by atoms with E-state index >= 15 is 0 Å². The molecule has 1 aliphatic carbocycles. The lowest BCUT2D eigenvalue weighted by Crippen LogP contribution is -2.41. The number of hydrogen-bond donors (Lipinski definition) is 2. The third-order valence-electron chi connectivity index (χ3n) is 7.39. The number of aryl methyl sites for hydroxylation is 2. The molecule has 6 rings (SSSR count). The number of pyridine rings is 1. The molecular formula is C28H27FN6O4. The molecule has 0 radical (unpaired) electrons. The zero-order valence-electron chi connectivity index (χ0n) is 21.7. The summed E-state index contributed by atoms with van der Waals surface area (Å²) in [6.45, 7) is 4.29. The summed E-state index contributed by atoms with van der Waals surface area (Å²) in [6, 6.07) is 11.0. The zero-order valence-corrected chi connectivity index (χ0v) is 21.7. The van der Waals surface area contributed by atoms with Crippen LogP contribution in [0.5, 0.6) is 0 Å². The van der Waals surface area contributed by atoms with E-state index in [9.17, 15) is 23.6 Å². The number of urea groups is 1. The summed E-state index contributed by atoms with van der Waals surface area (Å²) in [4.78, 5) is 55.2. The van der Waals surface area contributed by atoms with Crippen molar-refractivity contribution < 1.29 is 9.18 Å². The highest BCUT2D eigenvalue weighted by Crippen LogP contribution is 2.34. The number of halogens is 1. The van der Waals surface area contributed by atoms with Crippen LogP contribution >= 0.6 is 0 Å². The molecule has 0 atom stereocenters. The van der Waals surface area contributed by atoms with Crippen LogP contribution in [0.25, 0.3) is 16.6 Å². The minimum absolute atomic E-state index is 0.0894. The lowest BCUT2D eigenvalue weighted by Gasteiger charge is -2.21. The summed E-state index contributed by atoms with van der Waals surface area (Å²) in [5, 5.41) is 5.83. The lowest BCUT2D eigenvalue weighted by atomic mass is 10.1. The molecule has 0 spiro atoms. The molecular weight excluding hydrogens is 503 g/mol. The van der Waals surface area contributed by atoms with Crippen LogP contribution in [0.3, 0.4) is 0 Å². The quantitative estimate of drug-likeness (QED) is 0.412. The topological polar surface area (TPSA) is 110 Å². The van der Waals surface area contributed by atoms with E-state index in [1.807, 2.05) is 0 Å². The highest BCUT2D eigenvalue weighted by atomic mass is 19.1. The summed E-state index contributed by atoms with van der Waals surface area (Å²) in [5.41, 5.74) is 0.583. The van der Waals surface area contributed by atoms with Gasteiger partial charge in [0.15, 0.2) is 0 Å². The first-order chi connectivity index (χ1) is 18.7. The third-order valence-corrected chi connectivity index (χ3v) is 7.39. The van der Waals surface area contributed by atoms with Gasteiger partial charge in [0.1, 0.15) is 17.0 Å². The van der Waals surface area contributed by atoms with Gasteiger partial charge in [-0.1, -0.05) is 12.1 Å². The molecule has 4 aromatic rings. The van der Waals surface area contributed by atoms with E-state index in [-0.39, 0.29) is 40.0 Å². The Morgan fingerprint density at radius 1 is 0.974 bits per heavy atom. The highest BCUT2D eigenvalue weighted by molar-refractivity contribution is 5.95. The molecule has 2 aromatic heterocycles. The van der Waals surface area contributed by atoms with Crippen molar-refractivity contribution in [3.8, 4) is 5.69 Å². The third kappa shape index (κ3) is 3.92. The molecule has 11 heteroatoms. The average molecular weight is 531 g/mol. The Morgan fingerprint density at radius 3 is 2.38 bits per heavy atom. The minimum atomic E-state index is -0.568. The molecule has 1 saturated carbocycles. The van der Waals surface area contributed by atoms with Gasteiger partial charge in [-0.3, -0.25) is 28.2 Å². The highest BCUT2D eigenvalue weighted by Gasteiger charge is 2.32. The van der Waals surface area contributed by atoms with Gasteiger partial charge in [-0.25, -0.2) is 14.0 Å². The summed E-state index contributed by atoms with van der Waals surface area (Å²) < 4.78 is 18.7. The molecule has 2 aliphatic rings. The fourth-order valence-electron chi connectivity index (χ4n) is 5.22. The fourth-order valence-corrected chi connectivity index (χ4v) is 5.22. The van der Waals surface area contributed by atoms with Crippen LogP contribution < -0.4 is 32.3 Å². The molecule has 0 bridgehead atoms. The Bertz CT molecular complexity index is 1870. The number of carbonyl (C=O) groups excluding carboxylic acids is 1. The van der Waals surface area contributed by atoms with Gasteiger partial charge in [0, 0.05) is 37.4 Å². The summed E-state index contributed by atoms with van der Waals surface area (Å²) in [6.07, 6.45) is 1.35. The molecule has 1 saturated heterocycles. The molecule has 2 fully saturated rings. The van der Waals surface area contributed by atoms with Crippen LogP contribution in [-0.2, 0) is 7.05 Å². The standard InChI is InChI=1S/C28H27FN6O4/c1-15-7-10-21(20(29)13-15)31-24-22-23(16(2)25(36)32(24)3)34(28(39)35(26(22)37)17-8-9-17)19-6-4-5-18(14-19)33-12-11-30-27(33)38/h4-7,10,13-14,17,31H,8-9,11-12H2,1-3H3,(H,30,38). The van der Waals surface area contributed by atoms with Gasteiger partial charge in [-0.05, 0) is 62.6 Å². The predicted octanol–water partition coefficient (Wildman–Crippen LogP) is 3.22. The van der Waals surface area contributed by atoms with E-state index in [1.165, 1.54) is 26.8 Å². The Hall–Kier alpha value is -4.67. The molecule has 1 aliphatic heterocycles. The molecule has 3 heterocycles. The number of nitrogens with one attached hydrogen (secondary N) is 2. The number of aromatic nitrogens is 3. The van der Waals surface area contributed by atoms with E-state index in [0.29, 0.717) is 37.3 Å². The van der Waals surface area contributed by atoms with Gasteiger partial charge in [0.2, 0.25) is 0 Å². The van der Waals surface area contributed by atoms with E-state index in [0.717, 1.165) is 5.56 Å². The molecule has 10 nitrogen and oxygen atoms in total. The van der Waals surface area contributed by atoms with Gasteiger partial charge in [0.25, 0.3) is 11.1 Å². The summed E-state index contributed by atoms with van der Waals surface area (Å²) in [7, 11) is 1.51. The van der Waals surface area contributed by atoms with Gasteiger partial charge in [0.05, 0.1) is 16.9 Å². The van der Waals surface area contributed by atoms with Crippen LogP contribution in [0.15, 0.2) is 56.8 Å². The second kappa shape index (κ2) is 8.97. The summed E-state index contributed by atoms with van der Waals surface area (Å²) >= 11 is 0. The van der Waals surface area contributed by atoms with Crippen molar-refractivity contribution >= 4 is 34.1 Å². The van der Waals surface area contributed by atoms with Crippen molar-refractivity contribution in [2.75, 3.05) is 23.3 Å². The lowest BCUT2D eigenvalue weighted by molar-refractivity contribution is 0.252. The maximum absolute atomic E-state index is 14.9. The van der Waals surface area contributed by atoms with Crippen molar-refractivity contribution in [1.82, 2.24) is 19.0 Å². The average Bonchev–Trinajstić information content (AvgIpc) is 3.65. The van der Waals surface area contributed by atoms with Crippen LogP contribution in [-0.4, -0.2) is 32.8 Å². The smallest absolute Gasteiger partial charge is 0.336 e. The SMILES string of the molecule is Cc1ccc(Nc2c3c(=O)n(C4CC4)c(=O)n(-c4cccc(N5CCNC5=O)c4)c3c(C)c(=O)n2C)c(F)c1. The normalized spacial score (nSPS) is 15.2. The van der Waals surface area contributed by atoms with Crippen molar-refractivity contribution in [3.63, 3.8) is 0 Å². The van der Waals surface area contributed by atoms with Crippen LogP contribution in [0, 0.1) is 19.7 Å². The molecule has 0 unspecified atom stereocenters. The fraction of sp³-hybridized carbons (Fsp3) is 0.286. The summed E-state index contributed by atoms with van der Waals surface area (Å²) in [5.74, 6) is -0.449. The number of hydrogen-bond acceptors (Lipinski definition) is 5. The van der Waals surface area contributed by atoms with E-state index in [1.54, 1.807) is 55.1 Å². The first-order valence-corrected chi connectivity index (χ1v) is 12.8. The van der Waals surface area contributed by atoms with Crippen molar-refractivity contribution in [1.29, 1.82) is 0 Å². The Labute approximate surface area is 221 Å². The van der Waals surface area contributed by atoms with Crippen LogP contribution in [0.2, 0.25) is 0 Å². The largest absolute Gasteiger partial charge is 0.338 e. The first-order valence-electron chi connectivity index (χ1n) is 12.8. The monoisotopic (exact) mass is 530 g/mol. The van der Waals surface area contributed by atoms with Gasteiger partial charge >= 0.3 is 11.7 Å². The van der Waals surface area contributed by atoms with Crippen LogP contribution in [0.1, 0.15) is 30.0 Å². The Kier molecular flexibility index (Phi) is 5.67. The second-order valence-electron chi connectivity index (χ2n) is 10.1. The molecule has 2 N–H and O–H groups in total. The van der Waals surface area contributed by atoms with Gasteiger partial charge in [-0.15, -0.1) is 0 Å². The number of anilines is 3. The van der Waals surface area contributed by atoms with E-state index < -0.39 is 22.6 Å². The number of amides is 2. The number of benzene rings is 2. The van der Waals surface area contributed by atoms with Gasteiger partial charge in [-0.2, -0.15) is 0 Å². The van der Waals surface area contributed by atoms with Gasteiger partial charge < -0.3 is 10.6 Å². The Balaban J connectivity index is 1.69. The van der Waals surface area contributed by atoms with E-state index in [2.05, 4.69) is 10.6 Å². The van der Waals surface area contributed by atoms with Crippen LogP contribution in [0.4, 0.5) is 26.4 Å². The van der Waals surface area contributed by atoms with Crippen molar-refractivity contribution in [2.45, 2.75) is 32.7 Å². The van der Waals surface area contributed by atoms with E-state index in [4.69, 9.17) is 0 Å². The molecule has 2 aromatic carbocycles. The number of rotatable bonds is 5. The molecule has 39 heavy (non-hydrogen) atoms. The zero-order chi connectivity index (χ0) is 27.6. The molecule has 2 amide bonds. The minimum Gasteiger partial charge on any atom is -0.338 e.